The second-order valence-electron chi connectivity index (χ2n) is 12.9. The summed E-state index contributed by atoms with van der Waals surface area (Å²) in [6, 6.07) is 45.0. The second-order valence-corrected chi connectivity index (χ2v) is 12.9. The molecule has 0 radical (unpaired) electrons. The van der Waals surface area contributed by atoms with E-state index in [0.29, 0.717) is 17.5 Å². The van der Waals surface area contributed by atoms with Crippen molar-refractivity contribution in [1.82, 2.24) is 15.0 Å². The Bertz CT molecular complexity index is 2160. The molecule has 1 aliphatic carbocycles. The third kappa shape index (κ3) is 3.92. The molecule has 212 valence electrons. The quantitative estimate of drug-likeness (QED) is 0.199. The van der Waals surface area contributed by atoms with E-state index in [1.165, 1.54) is 43.8 Å². The van der Waals surface area contributed by atoms with Gasteiger partial charge in [-0.2, -0.15) is 0 Å². The Labute approximate surface area is 258 Å². The molecule has 1 aliphatic rings. The Kier molecular flexibility index (Phi) is 5.83. The molecule has 0 N–H and O–H groups in total. The van der Waals surface area contributed by atoms with Crippen LogP contribution in [0.25, 0.3) is 66.8 Å². The van der Waals surface area contributed by atoms with E-state index in [0.717, 1.165) is 16.7 Å². The molecular formula is C41H33N3. The molecule has 1 heterocycles. The molecular weight excluding hydrogens is 534 g/mol. The van der Waals surface area contributed by atoms with Crippen LogP contribution in [0.5, 0.6) is 0 Å². The normalized spacial score (nSPS) is 14.7. The zero-order valence-corrected chi connectivity index (χ0v) is 25.5. The Morgan fingerprint density at radius 3 is 1.61 bits per heavy atom. The molecule has 0 fully saturated rings. The van der Waals surface area contributed by atoms with E-state index in [1.807, 2.05) is 36.4 Å². The van der Waals surface area contributed by atoms with Crippen LogP contribution in [0, 0.1) is 0 Å². The first kappa shape index (κ1) is 26.5. The summed E-state index contributed by atoms with van der Waals surface area (Å²) in [6.07, 6.45) is 0. The fourth-order valence-electron chi connectivity index (χ4n) is 6.99. The highest BCUT2D eigenvalue weighted by molar-refractivity contribution is 6.12. The van der Waals surface area contributed by atoms with Crippen LogP contribution in [0.3, 0.4) is 0 Å². The van der Waals surface area contributed by atoms with Gasteiger partial charge in [0.15, 0.2) is 17.5 Å². The number of hydrogen-bond acceptors (Lipinski definition) is 3. The maximum Gasteiger partial charge on any atom is 0.164 e. The van der Waals surface area contributed by atoms with E-state index in [1.54, 1.807) is 0 Å². The first-order valence-electron chi connectivity index (χ1n) is 15.3. The lowest BCUT2D eigenvalue weighted by Crippen LogP contribution is -2.43. The van der Waals surface area contributed by atoms with Crippen LogP contribution in [-0.2, 0) is 10.8 Å². The van der Waals surface area contributed by atoms with Gasteiger partial charge >= 0.3 is 0 Å². The van der Waals surface area contributed by atoms with Gasteiger partial charge in [-0.05, 0) is 55.3 Å². The highest BCUT2D eigenvalue weighted by Crippen LogP contribution is 2.56. The zero-order valence-electron chi connectivity index (χ0n) is 25.5. The molecule has 7 aromatic rings. The first-order chi connectivity index (χ1) is 21.3. The van der Waals surface area contributed by atoms with Crippen molar-refractivity contribution in [2.75, 3.05) is 0 Å². The number of rotatable bonds is 3. The van der Waals surface area contributed by atoms with Crippen molar-refractivity contribution in [2.24, 2.45) is 0 Å². The summed E-state index contributed by atoms with van der Waals surface area (Å²) >= 11 is 0. The van der Waals surface area contributed by atoms with Crippen molar-refractivity contribution >= 4 is 21.5 Å². The molecule has 8 rings (SSSR count). The average Bonchev–Trinajstić information content (AvgIpc) is 3.07. The SMILES string of the molecule is CC1(C)c2cc(-c3nc(-c4ccccc4)nc(-c4ccccc4)n3)ccc2-c2ccc3ccc4ccccc4c3c2C1(C)C. The Morgan fingerprint density at radius 1 is 0.432 bits per heavy atom. The number of aromatic nitrogens is 3. The molecule has 3 heteroatoms. The van der Waals surface area contributed by atoms with E-state index in [9.17, 15) is 0 Å². The van der Waals surface area contributed by atoms with Crippen molar-refractivity contribution < 1.29 is 0 Å². The van der Waals surface area contributed by atoms with Gasteiger partial charge in [-0.3, -0.25) is 0 Å². The highest BCUT2D eigenvalue weighted by atomic mass is 15.0. The van der Waals surface area contributed by atoms with Crippen molar-refractivity contribution in [3.8, 4) is 45.3 Å². The minimum Gasteiger partial charge on any atom is -0.208 e. The van der Waals surface area contributed by atoms with Gasteiger partial charge in [0.25, 0.3) is 0 Å². The van der Waals surface area contributed by atoms with Gasteiger partial charge in [0.1, 0.15) is 0 Å². The van der Waals surface area contributed by atoms with E-state index < -0.39 is 0 Å². The van der Waals surface area contributed by atoms with Gasteiger partial charge in [-0.25, -0.2) is 15.0 Å². The molecule has 0 bridgehead atoms. The van der Waals surface area contributed by atoms with Crippen molar-refractivity contribution in [2.45, 2.75) is 38.5 Å². The van der Waals surface area contributed by atoms with Gasteiger partial charge < -0.3 is 0 Å². The number of benzene rings is 6. The molecule has 0 atom stereocenters. The number of fused-ring (bicyclic) bond motifs is 7. The van der Waals surface area contributed by atoms with E-state index in [2.05, 4.69) is 119 Å². The van der Waals surface area contributed by atoms with E-state index >= 15 is 0 Å². The maximum absolute atomic E-state index is 5.03. The van der Waals surface area contributed by atoms with Crippen LogP contribution < -0.4 is 0 Å². The minimum absolute atomic E-state index is 0.152. The molecule has 0 saturated heterocycles. The fourth-order valence-corrected chi connectivity index (χ4v) is 6.99. The summed E-state index contributed by atoms with van der Waals surface area (Å²) in [5.74, 6) is 2.04. The molecule has 0 spiro atoms. The lowest BCUT2D eigenvalue weighted by Gasteiger charge is -2.49. The Balaban J connectivity index is 1.37. The van der Waals surface area contributed by atoms with Gasteiger partial charge in [0.05, 0.1) is 0 Å². The van der Waals surface area contributed by atoms with Crippen LogP contribution in [0.1, 0.15) is 38.8 Å². The summed E-state index contributed by atoms with van der Waals surface area (Å²) in [6.45, 7) is 9.60. The molecule has 0 unspecified atom stereocenters. The molecule has 44 heavy (non-hydrogen) atoms. The standard InChI is InChI=1S/C41H33N3/c1-40(2)34-25-30(39-43-37(28-14-7-5-8-15-28)42-38(44-39)29-16-9-6-10-17-29)22-23-32(34)33-24-21-27-20-19-26-13-11-12-18-31(26)35(27)36(33)41(40,3)4/h5-25H,1-4H3. The Morgan fingerprint density at radius 2 is 0.955 bits per heavy atom. The summed E-state index contributed by atoms with van der Waals surface area (Å²) in [7, 11) is 0. The van der Waals surface area contributed by atoms with Crippen LogP contribution in [-0.4, -0.2) is 15.0 Å². The topological polar surface area (TPSA) is 38.7 Å². The van der Waals surface area contributed by atoms with Crippen molar-refractivity contribution in [3.05, 3.63) is 139 Å². The van der Waals surface area contributed by atoms with Gasteiger partial charge in [-0.1, -0.05) is 149 Å². The van der Waals surface area contributed by atoms with Gasteiger partial charge in [-0.15, -0.1) is 0 Å². The third-order valence-electron chi connectivity index (χ3n) is 10.0. The minimum atomic E-state index is -0.172. The predicted octanol–water partition coefficient (Wildman–Crippen LogP) is 10.4. The largest absolute Gasteiger partial charge is 0.208 e. The van der Waals surface area contributed by atoms with Crippen LogP contribution >= 0.6 is 0 Å². The third-order valence-corrected chi connectivity index (χ3v) is 10.0. The molecule has 3 nitrogen and oxygen atoms in total. The van der Waals surface area contributed by atoms with E-state index in [-0.39, 0.29) is 10.8 Å². The molecule has 0 amide bonds. The van der Waals surface area contributed by atoms with Crippen LogP contribution in [0.4, 0.5) is 0 Å². The molecule has 0 saturated carbocycles. The average molecular weight is 568 g/mol. The Hall–Kier alpha value is -5.15. The van der Waals surface area contributed by atoms with Crippen molar-refractivity contribution in [3.63, 3.8) is 0 Å². The van der Waals surface area contributed by atoms with Gasteiger partial charge in [0.2, 0.25) is 0 Å². The highest BCUT2D eigenvalue weighted by Gasteiger charge is 2.47. The molecule has 6 aromatic carbocycles. The summed E-state index contributed by atoms with van der Waals surface area (Å²) in [4.78, 5) is 15.0. The lowest BCUT2D eigenvalue weighted by molar-refractivity contribution is 0.301. The first-order valence-corrected chi connectivity index (χ1v) is 15.3. The monoisotopic (exact) mass is 567 g/mol. The van der Waals surface area contributed by atoms with Crippen LogP contribution in [0.2, 0.25) is 0 Å². The molecule has 1 aromatic heterocycles. The lowest BCUT2D eigenvalue weighted by atomic mass is 9.54. The predicted molar refractivity (Wildman–Crippen MR) is 183 cm³/mol. The number of hydrogen-bond donors (Lipinski definition) is 0. The van der Waals surface area contributed by atoms with Crippen LogP contribution in [0.15, 0.2) is 127 Å². The van der Waals surface area contributed by atoms with Gasteiger partial charge in [0, 0.05) is 22.1 Å². The smallest absolute Gasteiger partial charge is 0.164 e. The van der Waals surface area contributed by atoms with Crippen molar-refractivity contribution in [1.29, 1.82) is 0 Å². The summed E-state index contributed by atoms with van der Waals surface area (Å²) in [5, 5.41) is 5.25. The summed E-state index contributed by atoms with van der Waals surface area (Å²) in [5.41, 5.74) is 7.95. The maximum atomic E-state index is 5.03. The van der Waals surface area contributed by atoms with E-state index in [4.69, 9.17) is 15.0 Å². The summed E-state index contributed by atoms with van der Waals surface area (Å²) < 4.78 is 0. The molecule has 0 aliphatic heterocycles. The number of nitrogens with zero attached hydrogens (tertiary/aromatic N) is 3. The second kappa shape index (κ2) is 9.68. The fraction of sp³-hybridized carbons (Fsp3) is 0.146. The zero-order chi connectivity index (χ0) is 30.1.